The zero-order valence-corrected chi connectivity index (χ0v) is 25.6. The number of ether oxygens (including phenoxy) is 1. The number of alkyl halides is 4. The first-order valence-corrected chi connectivity index (χ1v) is 16.2. The quantitative estimate of drug-likeness (QED) is 0.232. The number of rotatable bonds is 5. The normalized spacial score (nSPS) is 45.4. The number of carbonyl (C=O) groups is 2. The van der Waals surface area contributed by atoms with Crippen LogP contribution in [0.25, 0.3) is 0 Å². The first-order valence-electron chi connectivity index (χ1n) is 14.8. The van der Waals surface area contributed by atoms with E-state index < -0.39 is 30.1 Å². The van der Waals surface area contributed by atoms with Gasteiger partial charge < -0.3 is 25.6 Å². The van der Waals surface area contributed by atoms with Gasteiger partial charge in [-0.15, -0.1) is 23.4 Å². The fraction of sp³-hybridized carbons (Fsp3) is 0.926. The van der Waals surface area contributed by atoms with Crippen molar-refractivity contribution in [3.8, 4) is 0 Å². The molecule has 0 radical (unpaired) electrons. The van der Waals surface area contributed by atoms with Gasteiger partial charge in [-0.25, -0.2) is 0 Å². The van der Waals surface area contributed by atoms with Crippen molar-refractivity contribution in [2.45, 2.75) is 92.7 Å². The number of likely N-dealkylation sites (tertiary alicyclic amines) is 1. The Bertz CT molecular complexity index is 942. The molecule has 41 heavy (non-hydrogen) atoms. The van der Waals surface area contributed by atoms with E-state index in [0.29, 0.717) is 32.2 Å². The summed E-state index contributed by atoms with van der Waals surface area (Å²) in [6.45, 7) is 7.47. The molecule has 5 heterocycles. The van der Waals surface area contributed by atoms with Gasteiger partial charge >= 0.3 is 6.18 Å². The standard InChI is InChI=1S/C27H44ClF3N6O3S/c1-12-5-18(34-14(3)23(12)27(29,30)31)25(39)37-10-19-21(11-37)41-26(35-19)36-24(38)17-8-32-13(2)6-15(17)16-7-22(28)33-9-20(16)40-4/h12-23,26,32-35H,5-11H2,1-4H3,(H,36,38). The largest absolute Gasteiger partial charge is 0.393 e. The fourth-order valence-corrected chi connectivity index (χ4v) is 9.65. The number of fused-ring (bicyclic) bond motifs is 1. The van der Waals surface area contributed by atoms with Crippen molar-refractivity contribution in [1.29, 1.82) is 0 Å². The lowest BCUT2D eigenvalue weighted by Gasteiger charge is -2.45. The summed E-state index contributed by atoms with van der Waals surface area (Å²) < 4.78 is 46.2. The highest BCUT2D eigenvalue weighted by Crippen LogP contribution is 2.41. The molecule has 234 valence electrons. The molecule has 2 amide bonds. The molecule has 5 aliphatic heterocycles. The van der Waals surface area contributed by atoms with Gasteiger partial charge in [0.2, 0.25) is 11.8 Å². The van der Waals surface area contributed by atoms with Crippen molar-refractivity contribution in [3.63, 3.8) is 0 Å². The number of halogens is 4. The van der Waals surface area contributed by atoms with Crippen molar-refractivity contribution in [2.75, 3.05) is 33.3 Å². The maximum atomic E-state index is 13.6. The number of thioether (sulfide) groups is 1. The maximum absolute atomic E-state index is 13.6. The summed E-state index contributed by atoms with van der Waals surface area (Å²) in [5.41, 5.74) is -0.402. The molecule has 0 aromatic rings. The summed E-state index contributed by atoms with van der Waals surface area (Å²) in [7, 11) is 1.71. The third-order valence-corrected chi connectivity index (χ3v) is 11.6. The maximum Gasteiger partial charge on any atom is 0.393 e. The number of hydrogen-bond acceptors (Lipinski definition) is 8. The number of piperidine rings is 3. The number of methoxy groups -OCH3 is 1. The molecule has 0 aliphatic carbocycles. The van der Waals surface area contributed by atoms with E-state index in [4.69, 9.17) is 16.3 Å². The molecule has 5 N–H and O–H groups in total. The van der Waals surface area contributed by atoms with Crippen LogP contribution in [0.15, 0.2) is 0 Å². The Hall–Kier alpha value is -0.830. The van der Waals surface area contributed by atoms with Crippen molar-refractivity contribution in [3.05, 3.63) is 0 Å². The molecule has 0 aromatic heterocycles. The molecule has 5 saturated heterocycles. The zero-order chi connectivity index (χ0) is 29.6. The average molecular weight is 625 g/mol. The van der Waals surface area contributed by atoms with Crippen LogP contribution in [0.2, 0.25) is 0 Å². The topological polar surface area (TPSA) is 107 Å². The first kappa shape index (κ1) is 31.6. The SMILES string of the molecule is COC1CNC(Cl)CC1C1CC(C)NCC1C(=O)NC1NC2CN(C(=O)C3CC(C)C(C(F)(F)F)C(C)N3)CC2S1. The number of amides is 2. The van der Waals surface area contributed by atoms with Gasteiger partial charge in [0.25, 0.3) is 0 Å². The van der Waals surface area contributed by atoms with Crippen LogP contribution in [-0.4, -0.2) is 103 Å². The zero-order valence-electron chi connectivity index (χ0n) is 24.0. The molecular formula is C27H44ClF3N6O3S. The molecule has 0 spiro atoms. The van der Waals surface area contributed by atoms with Crippen molar-refractivity contribution >= 4 is 35.2 Å². The van der Waals surface area contributed by atoms with Crippen LogP contribution in [0, 0.1) is 29.6 Å². The Kier molecular flexibility index (Phi) is 9.75. The van der Waals surface area contributed by atoms with Crippen molar-refractivity contribution in [2.24, 2.45) is 29.6 Å². The molecule has 0 saturated carbocycles. The summed E-state index contributed by atoms with van der Waals surface area (Å²) in [5, 5.41) is 16.5. The predicted molar refractivity (Wildman–Crippen MR) is 152 cm³/mol. The smallest absolute Gasteiger partial charge is 0.380 e. The monoisotopic (exact) mass is 624 g/mol. The number of carbonyl (C=O) groups excluding carboxylic acids is 2. The van der Waals surface area contributed by atoms with Gasteiger partial charge in [-0.2, -0.15) is 13.2 Å². The van der Waals surface area contributed by atoms with Gasteiger partial charge in [0, 0.05) is 56.7 Å². The van der Waals surface area contributed by atoms with Crippen LogP contribution in [0.5, 0.6) is 0 Å². The van der Waals surface area contributed by atoms with Crippen LogP contribution in [0.1, 0.15) is 40.0 Å². The summed E-state index contributed by atoms with van der Waals surface area (Å²) in [6.07, 6.45) is -2.51. The number of nitrogens with one attached hydrogen (secondary N) is 5. The summed E-state index contributed by atoms with van der Waals surface area (Å²) >= 11 is 8.06. The van der Waals surface area contributed by atoms with Gasteiger partial charge in [-0.3, -0.25) is 20.2 Å². The molecule has 0 aromatic carbocycles. The van der Waals surface area contributed by atoms with E-state index >= 15 is 0 Å². The lowest BCUT2D eigenvalue weighted by atomic mass is 9.70. The van der Waals surface area contributed by atoms with E-state index in [1.54, 1.807) is 30.7 Å². The van der Waals surface area contributed by atoms with Gasteiger partial charge in [0.1, 0.15) is 5.50 Å². The van der Waals surface area contributed by atoms with Gasteiger partial charge in [-0.1, -0.05) is 6.92 Å². The third-order valence-electron chi connectivity index (χ3n) is 9.94. The highest BCUT2D eigenvalue weighted by molar-refractivity contribution is 8.00. The summed E-state index contributed by atoms with van der Waals surface area (Å²) in [5.74, 6) is -2.12. The lowest BCUT2D eigenvalue weighted by Crippen LogP contribution is -2.59. The molecule has 9 nitrogen and oxygen atoms in total. The summed E-state index contributed by atoms with van der Waals surface area (Å²) in [4.78, 5) is 28.6. The molecule has 0 bridgehead atoms. The molecular weight excluding hydrogens is 581 g/mol. The number of hydrogen-bond donors (Lipinski definition) is 5. The van der Waals surface area contributed by atoms with E-state index in [1.807, 2.05) is 0 Å². The van der Waals surface area contributed by atoms with Crippen LogP contribution >= 0.6 is 23.4 Å². The highest BCUT2D eigenvalue weighted by atomic mass is 35.5. The fourth-order valence-electron chi connectivity index (χ4n) is 7.94. The Morgan fingerprint density at radius 1 is 1.02 bits per heavy atom. The van der Waals surface area contributed by atoms with Crippen LogP contribution < -0.4 is 26.6 Å². The third kappa shape index (κ3) is 6.81. The number of nitrogens with zero attached hydrogens (tertiary/aromatic N) is 1. The van der Waals surface area contributed by atoms with Crippen molar-refractivity contribution in [1.82, 2.24) is 31.5 Å². The second-order valence-electron chi connectivity index (χ2n) is 12.7. The van der Waals surface area contributed by atoms with E-state index in [0.717, 1.165) is 12.8 Å². The van der Waals surface area contributed by atoms with E-state index in [1.165, 1.54) is 6.92 Å². The first-order chi connectivity index (χ1) is 19.3. The Balaban J connectivity index is 1.15. The average Bonchev–Trinajstić information content (AvgIpc) is 3.45. The molecule has 5 fully saturated rings. The minimum absolute atomic E-state index is 0.000383. The minimum Gasteiger partial charge on any atom is -0.380 e. The summed E-state index contributed by atoms with van der Waals surface area (Å²) in [6, 6.07) is -1.12. The van der Waals surface area contributed by atoms with Crippen LogP contribution in [0.4, 0.5) is 13.2 Å². The molecule has 13 atom stereocenters. The van der Waals surface area contributed by atoms with Crippen LogP contribution in [0.3, 0.4) is 0 Å². The van der Waals surface area contributed by atoms with E-state index in [2.05, 4.69) is 33.5 Å². The minimum atomic E-state index is -4.29. The molecule has 5 aliphatic rings. The van der Waals surface area contributed by atoms with Crippen LogP contribution in [-0.2, 0) is 14.3 Å². The van der Waals surface area contributed by atoms with Crippen molar-refractivity contribution < 1.29 is 27.5 Å². The Morgan fingerprint density at radius 3 is 2.44 bits per heavy atom. The highest BCUT2D eigenvalue weighted by Gasteiger charge is 2.52. The Labute approximate surface area is 249 Å². The van der Waals surface area contributed by atoms with Gasteiger partial charge in [0.15, 0.2) is 0 Å². The molecule has 13 unspecified atom stereocenters. The second kappa shape index (κ2) is 12.6. The second-order valence-corrected chi connectivity index (χ2v) is 14.6. The molecule has 5 rings (SSSR count). The van der Waals surface area contributed by atoms with Gasteiger partial charge in [-0.05, 0) is 50.9 Å². The van der Waals surface area contributed by atoms with Gasteiger partial charge in [0.05, 0.1) is 29.5 Å². The molecule has 14 heteroatoms. The van der Waals surface area contributed by atoms with E-state index in [9.17, 15) is 22.8 Å². The Morgan fingerprint density at radius 2 is 1.78 bits per heavy atom. The lowest BCUT2D eigenvalue weighted by molar-refractivity contribution is -0.202. The predicted octanol–water partition coefficient (Wildman–Crippen LogP) is 1.67. The van der Waals surface area contributed by atoms with E-state index in [-0.39, 0.29) is 64.4 Å².